The number of nitrogens with one attached hydrogen (secondary N) is 1. The Kier molecular flexibility index (Phi) is 4.90. The standard InChI is InChI=1S/C17H12F2N2O2S/c18-12-3-1-11(2-4-12)15-9-20-17(23-15)24-10-16(22)21-14-7-5-13(19)6-8-14/h1-9H,10H2,(H,21,22). The third kappa shape index (κ3) is 4.20. The molecular weight excluding hydrogens is 334 g/mol. The minimum Gasteiger partial charge on any atom is -0.431 e. The lowest BCUT2D eigenvalue weighted by Gasteiger charge is -2.03. The van der Waals surface area contributed by atoms with Gasteiger partial charge in [-0.25, -0.2) is 13.8 Å². The van der Waals surface area contributed by atoms with Crippen molar-refractivity contribution in [2.45, 2.75) is 5.22 Å². The Morgan fingerprint density at radius 2 is 1.67 bits per heavy atom. The molecule has 3 rings (SSSR count). The van der Waals surface area contributed by atoms with Gasteiger partial charge < -0.3 is 9.73 Å². The summed E-state index contributed by atoms with van der Waals surface area (Å²) < 4.78 is 31.2. The second-order valence-corrected chi connectivity index (χ2v) is 5.77. The molecule has 0 unspecified atom stereocenters. The summed E-state index contributed by atoms with van der Waals surface area (Å²) >= 11 is 1.13. The smallest absolute Gasteiger partial charge is 0.256 e. The number of amides is 1. The van der Waals surface area contributed by atoms with Crippen LogP contribution in [-0.4, -0.2) is 16.6 Å². The number of halogens is 2. The molecule has 4 nitrogen and oxygen atoms in total. The van der Waals surface area contributed by atoms with Crippen LogP contribution < -0.4 is 5.32 Å². The van der Waals surface area contributed by atoms with Crippen LogP contribution >= 0.6 is 11.8 Å². The zero-order chi connectivity index (χ0) is 16.9. The predicted octanol–water partition coefficient (Wildman–Crippen LogP) is 4.35. The second-order valence-electron chi connectivity index (χ2n) is 4.84. The van der Waals surface area contributed by atoms with Crippen molar-refractivity contribution in [1.82, 2.24) is 4.98 Å². The van der Waals surface area contributed by atoms with Crippen molar-refractivity contribution in [2.75, 3.05) is 11.1 Å². The van der Waals surface area contributed by atoms with E-state index in [1.54, 1.807) is 12.1 Å². The van der Waals surface area contributed by atoms with Crippen LogP contribution in [0.25, 0.3) is 11.3 Å². The van der Waals surface area contributed by atoms with E-state index < -0.39 is 0 Å². The van der Waals surface area contributed by atoms with Crippen LogP contribution in [0.4, 0.5) is 14.5 Å². The summed E-state index contributed by atoms with van der Waals surface area (Å²) in [4.78, 5) is 15.9. The van der Waals surface area contributed by atoms with E-state index in [0.717, 1.165) is 11.8 Å². The largest absolute Gasteiger partial charge is 0.431 e. The fraction of sp³-hybridized carbons (Fsp3) is 0.0588. The molecule has 1 amide bonds. The van der Waals surface area contributed by atoms with E-state index in [1.807, 2.05) is 0 Å². The Labute approximate surface area is 140 Å². The Morgan fingerprint density at radius 1 is 1.04 bits per heavy atom. The molecule has 0 saturated heterocycles. The van der Waals surface area contributed by atoms with Gasteiger partial charge in [-0.1, -0.05) is 11.8 Å². The molecule has 0 saturated carbocycles. The number of nitrogens with zero attached hydrogens (tertiary/aromatic N) is 1. The molecule has 0 fully saturated rings. The maximum absolute atomic E-state index is 12.9. The normalized spacial score (nSPS) is 10.6. The Morgan fingerprint density at radius 3 is 2.33 bits per heavy atom. The maximum Gasteiger partial charge on any atom is 0.256 e. The first-order valence-corrected chi connectivity index (χ1v) is 7.99. The number of anilines is 1. The van der Waals surface area contributed by atoms with Gasteiger partial charge in [0.05, 0.1) is 11.9 Å². The number of hydrogen-bond donors (Lipinski definition) is 1. The first-order chi connectivity index (χ1) is 11.6. The Hall–Kier alpha value is -2.67. The highest BCUT2D eigenvalue weighted by molar-refractivity contribution is 7.99. The third-order valence-electron chi connectivity index (χ3n) is 3.07. The van der Waals surface area contributed by atoms with Crippen LogP contribution in [0.2, 0.25) is 0 Å². The van der Waals surface area contributed by atoms with Crippen LogP contribution in [0, 0.1) is 11.6 Å². The zero-order valence-electron chi connectivity index (χ0n) is 12.3. The number of hydrogen-bond acceptors (Lipinski definition) is 4. The van der Waals surface area contributed by atoms with Crippen LogP contribution in [0.3, 0.4) is 0 Å². The minimum atomic E-state index is -0.365. The van der Waals surface area contributed by atoms with Crippen LogP contribution in [0.15, 0.2) is 64.4 Å². The second kappa shape index (κ2) is 7.27. The van der Waals surface area contributed by atoms with Crippen LogP contribution in [-0.2, 0) is 4.79 Å². The van der Waals surface area contributed by atoms with Gasteiger partial charge in [0, 0.05) is 11.3 Å². The van der Waals surface area contributed by atoms with Crippen molar-refractivity contribution < 1.29 is 18.0 Å². The number of carbonyl (C=O) groups is 1. The zero-order valence-corrected chi connectivity index (χ0v) is 13.1. The quantitative estimate of drug-likeness (QED) is 0.698. The SMILES string of the molecule is O=C(CSc1ncc(-c2ccc(F)cc2)o1)Nc1ccc(F)cc1. The van der Waals surface area contributed by atoms with E-state index >= 15 is 0 Å². The van der Waals surface area contributed by atoms with Gasteiger partial charge in [-0.3, -0.25) is 4.79 Å². The summed E-state index contributed by atoms with van der Waals surface area (Å²) in [5.74, 6) is -0.355. The molecule has 1 aromatic heterocycles. The van der Waals surface area contributed by atoms with Gasteiger partial charge in [-0.05, 0) is 48.5 Å². The highest BCUT2D eigenvalue weighted by Crippen LogP contribution is 2.25. The predicted molar refractivity (Wildman–Crippen MR) is 87.7 cm³/mol. The molecule has 122 valence electrons. The Bertz CT molecular complexity index is 833. The lowest BCUT2D eigenvalue weighted by Crippen LogP contribution is -2.13. The molecule has 0 bridgehead atoms. The molecule has 1 heterocycles. The van der Waals surface area contributed by atoms with Crippen molar-refractivity contribution in [3.8, 4) is 11.3 Å². The molecule has 0 atom stereocenters. The third-order valence-corrected chi connectivity index (χ3v) is 3.91. The molecule has 0 aliphatic rings. The van der Waals surface area contributed by atoms with Crippen molar-refractivity contribution in [3.05, 3.63) is 66.4 Å². The molecule has 7 heteroatoms. The number of aromatic nitrogens is 1. The summed E-state index contributed by atoms with van der Waals surface area (Å²) in [6, 6.07) is 11.3. The van der Waals surface area contributed by atoms with Crippen LogP contribution in [0.5, 0.6) is 0 Å². The number of carbonyl (C=O) groups excluding carboxylic acids is 1. The van der Waals surface area contributed by atoms with E-state index in [2.05, 4.69) is 10.3 Å². The van der Waals surface area contributed by atoms with E-state index in [9.17, 15) is 13.6 Å². The number of oxazole rings is 1. The summed E-state index contributed by atoms with van der Waals surface area (Å²) in [5, 5.41) is 2.98. The Balaban J connectivity index is 1.56. The van der Waals surface area contributed by atoms with Crippen LogP contribution in [0.1, 0.15) is 0 Å². The molecule has 2 aromatic carbocycles. The van der Waals surface area contributed by atoms with Gasteiger partial charge in [0.25, 0.3) is 5.22 Å². The first-order valence-electron chi connectivity index (χ1n) is 7.00. The summed E-state index contributed by atoms with van der Waals surface area (Å²) in [6.45, 7) is 0. The van der Waals surface area contributed by atoms with Gasteiger partial charge >= 0.3 is 0 Å². The van der Waals surface area contributed by atoms with Crippen molar-refractivity contribution in [3.63, 3.8) is 0 Å². The average molecular weight is 346 g/mol. The molecule has 0 spiro atoms. The van der Waals surface area contributed by atoms with E-state index in [4.69, 9.17) is 4.42 Å². The average Bonchev–Trinajstić information content (AvgIpc) is 3.05. The number of benzene rings is 2. The molecule has 3 aromatic rings. The lowest BCUT2D eigenvalue weighted by atomic mass is 10.2. The van der Waals surface area contributed by atoms with E-state index in [-0.39, 0.29) is 23.3 Å². The fourth-order valence-corrected chi connectivity index (χ4v) is 2.53. The molecule has 1 N–H and O–H groups in total. The van der Waals surface area contributed by atoms with E-state index in [1.165, 1.54) is 42.6 Å². The topological polar surface area (TPSA) is 55.1 Å². The first kappa shape index (κ1) is 16.2. The van der Waals surface area contributed by atoms with Crippen molar-refractivity contribution in [1.29, 1.82) is 0 Å². The van der Waals surface area contributed by atoms with Crippen molar-refractivity contribution >= 4 is 23.4 Å². The minimum absolute atomic E-state index is 0.0980. The lowest BCUT2D eigenvalue weighted by molar-refractivity contribution is -0.113. The molecule has 0 aliphatic heterocycles. The van der Waals surface area contributed by atoms with Gasteiger partial charge in [0.15, 0.2) is 5.76 Å². The molecule has 24 heavy (non-hydrogen) atoms. The van der Waals surface area contributed by atoms with Gasteiger partial charge in [-0.15, -0.1) is 0 Å². The monoisotopic (exact) mass is 346 g/mol. The highest BCUT2D eigenvalue weighted by atomic mass is 32.2. The van der Waals surface area contributed by atoms with Gasteiger partial charge in [0.2, 0.25) is 5.91 Å². The summed E-state index contributed by atoms with van der Waals surface area (Å²) in [7, 11) is 0. The summed E-state index contributed by atoms with van der Waals surface area (Å²) in [5.41, 5.74) is 1.22. The summed E-state index contributed by atoms with van der Waals surface area (Å²) in [6.07, 6.45) is 1.52. The highest BCUT2D eigenvalue weighted by Gasteiger charge is 2.10. The molecule has 0 radical (unpaired) electrons. The number of thioether (sulfide) groups is 1. The number of rotatable bonds is 5. The molecule has 0 aliphatic carbocycles. The maximum atomic E-state index is 12.9. The molecular formula is C17H12F2N2O2S. The van der Waals surface area contributed by atoms with E-state index in [0.29, 0.717) is 22.2 Å². The van der Waals surface area contributed by atoms with Crippen molar-refractivity contribution in [2.24, 2.45) is 0 Å². The van der Waals surface area contributed by atoms with Gasteiger partial charge in [-0.2, -0.15) is 0 Å². The fourth-order valence-electron chi connectivity index (χ4n) is 1.93. The van der Waals surface area contributed by atoms with Gasteiger partial charge in [0.1, 0.15) is 11.6 Å².